The predicted octanol–water partition coefficient (Wildman–Crippen LogP) is 2.99. The van der Waals surface area contributed by atoms with Crippen LogP contribution in [0.1, 0.15) is 19.5 Å². The van der Waals surface area contributed by atoms with Gasteiger partial charge < -0.3 is 4.90 Å². The van der Waals surface area contributed by atoms with Crippen molar-refractivity contribution >= 4 is 22.0 Å². The molecule has 2 rings (SSSR count). The van der Waals surface area contributed by atoms with Gasteiger partial charge in [-0.1, -0.05) is 0 Å². The molecule has 0 radical (unpaired) electrons. The van der Waals surface area contributed by atoms with Gasteiger partial charge >= 0.3 is 0 Å². The van der Waals surface area contributed by atoms with Gasteiger partial charge in [-0.05, 0) is 44.2 Å². The largest absolute Gasteiger partial charge is 0.355 e. The van der Waals surface area contributed by atoms with Crippen LogP contribution in [-0.2, 0) is 10.1 Å². The van der Waals surface area contributed by atoms with E-state index in [1.165, 1.54) is 18.3 Å². The molecule has 0 bridgehead atoms. The highest BCUT2D eigenvalue weighted by atomic mass is 32.2. The molecule has 2 aromatic rings. The van der Waals surface area contributed by atoms with Gasteiger partial charge in [0.2, 0.25) is 0 Å². The fourth-order valence-corrected chi connectivity index (χ4v) is 2.24. The first-order chi connectivity index (χ1) is 11.2. The Morgan fingerprint density at radius 3 is 2.42 bits per heavy atom. The summed E-state index contributed by atoms with van der Waals surface area (Å²) in [6.45, 7) is 3.94. The Morgan fingerprint density at radius 2 is 1.88 bits per heavy atom. The van der Waals surface area contributed by atoms with Crippen LogP contribution in [0.15, 0.2) is 35.9 Å². The number of hydrogen-bond acceptors (Lipinski definition) is 5. The van der Waals surface area contributed by atoms with Crippen molar-refractivity contribution < 1.29 is 17.4 Å². The maximum Gasteiger partial charge on any atom is 0.287 e. The molecule has 0 aliphatic heterocycles. The molecule has 0 spiro atoms. The van der Waals surface area contributed by atoms with E-state index in [9.17, 15) is 12.8 Å². The SMILES string of the molecule is CC(C)N(C)c1nc(/C=C/S(=O)(=O)O)cnc1-c1ccc(F)cc1. The monoisotopic (exact) mass is 351 g/mol. The molecule has 1 aromatic carbocycles. The molecule has 0 saturated carbocycles. The average Bonchev–Trinajstić information content (AvgIpc) is 2.52. The molecule has 1 N–H and O–H groups in total. The highest BCUT2D eigenvalue weighted by Crippen LogP contribution is 2.28. The lowest BCUT2D eigenvalue weighted by Gasteiger charge is -2.24. The van der Waals surface area contributed by atoms with Crippen LogP contribution >= 0.6 is 0 Å². The molecule has 128 valence electrons. The molecule has 1 aromatic heterocycles. The average molecular weight is 351 g/mol. The van der Waals surface area contributed by atoms with Crippen molar-refractivity contribution in [2.45, 2.75) is 19.9 Å². The second kappa shape index (κ2) is 7.06. The van der Waals surface area contributed by atoms with Crippen molar-refractivity contribution in [3.8, 4) is 11.3 Å². The van der Waals surface area contributed by atoms with E-state index in [1.807, 2.05) is 25.8 Å². The van der Waals surface area contributed by atoms with Crippen LogP contribution in [0.3, 0.4) is 0 Å². The second-order valence-corrected chi connectivity index (χ2v) is 6.80. The number of hydrogen-bond donors (Lipinski definition) is 1. The molecule has 1 heterocycles. The Hall–Kier alpha value is -2.32. The van der Waals surface area contributed by atoms with Gasteiger partial charge in [-0.3, -0.25) is 9.54 Å². The molecule has 24 heavy (non-hydrogen) atoms. The zero-order chi connectivity index (χ0) is 17.9. The van der Waals surface area contributed by atoms with E-state index in [2.05, 4.69) is 9.97 Å². The van der Waals surface area contributed by atoms with Gasteiger partial charge in [-0.15, -0.1) is 0 Å². The summed E-state index contributed by atoms with van der Waals surface area (Å²) in [4.78, 5) is 10.6. The maximum absolute atomic E-state index is 13.1. The van der Waals surface area contributed by atoms with E-state index >= 15 is 0 Å². The Bertz CT molecular complexity index is 849. The number of nitrogens with zero attached hydrogens (tertiary/aromatic N) is 3. The lowest BCUT2D eigenvalue weighted by molar-refractivity contribution is 0.494. The minimum absolute atomic E-state index is 0.110. The highest BCUT2D eigenvalue weighted by molar-refractivity contribution is 7.88. The zero-order valence-electron chi connectivity index (χ0n) is 13.5. The minimum Gasteiger partial charge on any atom is -0.355 e. The predicted molar refractivity (Wildman–Crippen MR) is 91.5 cm³/mol. The first kappa shape index (κ1) is 18.0. The summed E-state index contributed by atoms with van der Waals surface area (Å²) < 4.78 is 43.6. The van der Waals surface area contributed by atoms with Crippen LogP contribution in [0, 0.1) is 5.82 Å². The number of rotatable bonds is 5. The van der Waals surface area contributed by atoms with Gasteiger partial charge in [0.15, 0.2) is 5.82 Å². The van der Waals surface area contributed by atoms with E-state index in [0.717, 1.165) is 6.08 Å². The Kier molecular flexibility index (Phi) is 5.30. The standard InChI is InChI=1S/C16H18FN3O3S/c1-11(2)20(3)16-15(12-4-6-13(17)7-5-12)18-10-14(19-16)8-9-24(21,22)23/h4-11H,1-3H3,(H,21,22,23)/b9-8+. The molecule has 0 aliphatic carbocycles. The van der Waals surface area contributed by atoms with Crippen molar-refractivity contribution in [3.63, 3.8) is 0 Å². The summed E-state index contributed by atoms with van der Waals surface area (Å²) in [5.74, 6) is 0.173. The van der Waals surface area contributed by atoms with Gasteiger partial charge in [-0.2, -0.15) is 8.42 Å². The van der Waals surface area contributed by atoms with Crippen LogP contribution in [-0.4, -0.2) is 36.0 Å². The third kappa shape index (κ3) is 4.59. The molecule has 0 fully saturated rings. The number of halogens is 1. The molecule has 0 amide bonds. The molecule has 8 heteroatoms. The van der Waals surface area contributed by atoms with Crippen LogP contribution in [0.4, 0.5) is 10.2 Å². The van der Waals surface area contributed by atoms with Crippen LogP contribution in [0.2, 0.25) is 0 Å². The minimum atomic E-state index is -4.24. The third-order valence-electron chi connectivity index (χ3n) is 3.41. The quantitative estimate of drug-likeness (QED) is 0.834. The molecular weight excluding hydrogens is 333 g/mol. The zero-order valence-corrected chi connectivity index (χ0v) is 14.3. The number of anilines is 1. The maximum atomic E-state index is 13.1. The van der Waals surface area contributed by atoms with E-state index < -0.39 is 10.1 Å². The summed E-state index contributed by atoms with van der Waals surface area (Å²) in [6, 6.07) is 5.99. The van der Waals surface area contributed by atoms with Crippen molar-refractivity contribution in [1.82, 2.24) is 9.97 Å². The molecule has 0 atom stereocenters. The van der Waals surface area contributed by atoms with Gasteiger partial charge in [0.05, 0.1) is 17.3 Å². The molecule has 6 nitrogen and oxygen atoms in total. The Labute approximate surface area is 140 Å². The van der Waals surface area contributed by atoms with Crippen LogP contribution in [0.5, 0.6) is 0 Å². The van der Waals surface area contributed by atoms with E-state index in [0.29, 0.717) is 22.5 Å². The topological polar surface area (TPSA) is 83.4 Å². The lowest BCUT2D eigenvalue weighted by atomic mass is 10.1. The fourth-order valence-electron chi connectivity index (χ4n) is 1.93. The van der Waals surface area contributed by atoms with Crippen molar-refractivity contribution in [3.05, 3.63) is 47.4 Å². The van der Waals surface area contributed by atoms with Crippen molar-refractivity contribution in [1.29, 1.82) is 0 Å². The Balaban J connectivity index is 2.54. The normalized spacial score (nSPS) is 12.1. The van der Waals surface area contributed by atoms with E-state index in [1.54, 1.807) is 12.1 Å². The number of aromatic nitrogens is 2. The second-order valence-electron chi connectivity index (χ2n) is 5.50. The van der Waals surface area contributed by atoms with Gasteiger partial charge in [0.25, 0.3) is 10.1 Å². The molecule has 0 unspecified atom stereocenters. The van der Waals surface area contributed by atoms with Gasteiger partial charge in [-0.25, -0.2) is 9.37 Å². The summed E-state index contributed by atoms with van der Waals surface area (Å²) in [5.41, 5.74) is 1.52. The van der Waals surface area contributed by atoms with Crippen LogP contribution < -0.4 is 4.90 Å². The van der Waals surface area contributed by atoms with E-state index in [-0.39, 0.29) is 17.6 Å². The lowest BCUT2D eigenvalue weighted by Crippen LogP contribution is -2.27. The summed E-state index contributed by atoms with van der Waals surface area (Å²) >= 11 is 0. The van der Waals surface area contributed by atoms with Crippen LogP contribution in [0.25, 0.3) is 17.3 Å². The molecule has 0 saturated heterocycles. The fraction of sp³-hybridized carbons (Fsp3) is 0.250. The first-order valence-corrected chi connectivity index (χ1v) is 8.69. The molecule has 0 aliphatic rings. The van der Waals surface area contributed by atoms with Crippen molar-refractivity contribution in [2.75, 3.05) is 11.9 Å². The first-order valence-electron chi connectivity index (χ1n) is 7.19. The summed E-state index contributed by atoms with van der Waals surface area (Å²) in [7, 11) is -2.41. The van der Waals surface area contributed by atoms with Crippen molar-refractivity contribution in [2.24, 2.45) is 0 Å². The van der Waals surface area contributed by atoms with E-state index in [4.69, 9.17) is 4.55 Å². The summed E-state index contributed by atoms with van der Waals surface area (Å²) in [5, 5.41) is 0.647. The molecular formula is C16H18FN3O3S. The highest BCUT2D eigenvalue weighted by Gasteiger charge is 2.16. The summed E-state index contributed by atoms with van der Waals surface area (Å²) in [6.07, 6.45) is 2.55. The smallest absolute Gasteiger partial charge is 0.287 e. The third-order valence-corrected chi connectivity index (χ3v) is 3.89. The van der Waals surface area contributed by atoms with Gasteiger partial charge in [0.1, 0.15) is 11.5 Å². The number of benzene rings is 1. The Morgan fingerprint density at radius 1 is 1.25 bits per heavy atom. The van der Waals surface area contributed by atoms with Gasteiger partial charge in [0, 0.05) is 18.7 Å².